The lowest BCUT2D eigenvalue weighted by molar-refractivity contribution is -0.136. The Hall–Kier alpha value is -2.22. The molecule has 5 nitrogen and oxygen atoms in total. The minimum atomic E-state index is -0.863. The lowest BCUT2D eigenvalue weighted by Crippen LogP contribution is -2.21. The van der Waals surface area contributed by atoms with Gasteiger partial charge in [0.2, 0.25) is 0 Å². The number of rotatable bonds is 5. The molecule has 0 saturated heterocycles. The predicted molar refractivity (Wildman–Crippen MR) is 63.2 cm³/mol. The molecule has 5 heteroatoms. The molecule has 0 atom stereocenters. The molecule has 0 spiro atoms. The van der Waals surface area contributed by atoms with E-state index in [0.717, 1.165) is 0 Å². The van der Waals surface area contributed by atoms with Crippen molar-refractivity contribution < 1.29 is 14.6 Å². The number of carbonyl (C=O) groups is 1. The van der Waals surface area contributed by atoms with Crippen LogP contribution in [0, 0.1) is 11.3 Å². The van der Waals surface area contributed by atoms with Crippen molar-refractivity contribution in [2.24, 2.45) is 0 Å². The molecule has 0 saturated carbocycles. The summed E-state index contributed by atoms with van der Waals surface area (Å²) in [5.74, 6) is -0.223. The number of anilines is 1. The normalized spacial score (nSPS) is 9.47. The van der Waals surface area contributed by atoms with Gasteiger partial charge >= 0.3 is 5.97 Å². The molecule has 0 aliphatic carbocycles. The van der Waals surface area contributed by atoms with Crippen LogP contribution in [-0.2, 0) is 4.79 Å². The minimum absolute atomic E-state index is 0.0264. The fourth-order valence-corrected chi connectivity index (χ4v) is 1.43. The Bertz CT molecular complexity index is 452. The van der Waals surface area contributed by atoms with Crippen LogP contribution in [0.25, 0.3) is 0 Å². The average molecular weight is 234 g/mol. The molecule has 0 heterocycles. The summed E-state index contributed by atoms with van der Waals surface area (Å²) in [5, 5.41) is 17.6. The van der Waals surface area contributed by atoms with Crippen LogP contribution in [0.1, 0.15) is 12.0 Å². The van der Waals surface area contributed by atoms with Gasteiger partial charge in [-0.3, -0.25) is 4.79 Å². The second-order valence-corrected chi connectivity index (χ2v) is 3.56. The Kier molecular flexibility index (Phi) is 4.35. The third-order valence-corrected chi connectivity index (χ3v) is 2.40. The van der Waals surface area contributed by atoms with Gasteiger partial charge in [-0.2, -0.15) is 5.26 Å². The summed E-state index contributed by atoms with van der Waals surface area (Å²) in [5.41, 5.74) is 1.17. The number of nitriles is 1. The number of nitrogens with zero attached hydrogens (tertiary/aromatic N) is 2. The average Bonchev–Trinajstić information content (AvgIpc) is 2.34. The van der Waals surface area contributed by atoms with Crippen LogP contribution in [0.4, 0.5) is 5.69 Å². The van der Waals surface area contributed by atoms with Crippen molar-refractivity contribution in [1.82, 2.24) is 0 Å². The van der Waals surface area contributed by atoms with Crippen LogP contribution < -0.4 is 9.64 Å². The van der Waals surface area contributed by atoms with Crippen molar-refractivity contribution in [2.75, 3.05) is 25.6 Å². The highest BCUT2D eigenvalue weighted by atomic mass is 16.5. The number of hydrogen-bond acceptors (Lipinski definition) is 4. The molecule has 0 aliphatic heterocycles. The van der Waals surface area contributed by atoms with E-state index in [1.54, 1.807) is 37.3 Å². The van der Waals surface area contributed by atoms with E-state index in [9.17, 15) is 4.79 Å². The number of methoxy groups -OCH3 is 1. The fraction of sp³-hybridized carbons (Fsp3) is 0.333. The first-order chi connectivity index (χ1) is 8.08. The monoisotopic (exact) mass is 234 g/mol. The summed E-state index contributed by atoms with van der Waals surface area (Å²) in [6, 6.07) is 7.15. The minimum Gasteiger partial charge on any atom is -0.497 e. The molecule has 1 aromatic carbocycles. The Labute approximate surface area is 99.8 Å². The highest BCUT2D eigenvalue weighted by Gasteiger charge is 2.10. The summed E-state index contributed by atoms with van der Waals surface area (Å²) in [4.78, 5) is 12.2. The van der Waals surface area contributed by atoms with Crippen LogP contribution in [-0.4, -0.2) is 31.8 Å². The van der Waals surface area contributed by atoms with Crippen LogP contribution in [0.15, 0.2) is 18.2 Å². The number of carboxylic acid groups (broad SMARTS) is 1. The van der Waals surface area contributed by atoms with Gasteiger partial charge in [-0.1, -0.05) is 0 Å². The van der Waals surface area contributed by atoms with Crippen LogP contribution in [0.5, 0.6) is 5.75 Å². The molecule has 1 rings (SSSR count). The standard InChI is InChI=1S/C12H14N2O3/c1-14(6-5-12(15)16)11-7-10(17-2)4-3-9(11)8-13/h3-4,7H,5-6H2,1-2H3,(H,15,16). The summed E-state index contributed by atoms with van der Waals surface area (Å²) < 4.78 is 5.08. The van der Waals surface area contributed by atoms with Crippen LogP contribution in [0.3, 0.4) is 0 Å². The van der Waals surface area contributed by atoms with Gasteiger partial charge in [0.25, 0.3) is 0 Å². The molecule has 1 aromatic rings. The van der Waals surface area contributed by atoms with Crippen molar-refractivity contribution in [1.29, 1.82) is 5.26 Å². The van der Waals surface area contributed by atoms with E-state index in [0.29, 0.717) is 23.5 Å². The zero-order valence-electron chi connectivity index (χ0n) is 9.80. The number of hydrogen-bond donors (Lipinski definition) is 1. The molecule has 0 aromatic heterocycles. The van der Waals surface area contributed by atoms with Gasteiger partial charge < -0.3 is 14.7 Å². The molecule has 0 aliphatic rings. The molecule has 0 fully saturated rings. The predicted octanol–water partition coefficient (Wildman–Crippen LogP) is 1.48. The summed E-state index contributed by atoms with van der Waals surface area (Å²) >= 11 is 0. The van der Waals surface area contributed by atoms with Gasteiger partial charge in [0.1, 0.15) is 11.8 Å². The Balaban J connectivity index is 2.93. The molecule has 17 heavy (non-hydrogen) atoms. The molecular formula is C12H14N2O3. The first kappa shape index (κ1) is 12.8. The van der Waals surface area contributed by atoms with Crippen LogP contribution >= 0.6 is 0 Å². The summed E-state index contributed by atoms with van der Waals surface area (Å²) in [6.07, 6.45) is 0.0264. The van der Waals surface area contributed by atoms with E-state index in [1.807, 2.05) is 0 Å². The van der Waals surface area contributed by atoms with Crippen LogP contribution in [0.2, 0.25) is 0 Å². The Morgan fingerprint density at radius 3 is 2.82 bits per heavy atom. The van der Waals surface area contributed by atoms with Crippen molar-refractivity contribution in [3.63, 3.8) is 0 Å². The van der Waals surface area contributed by atoms with Gasteiger partial charge in [0.05, 0.1) is 24.8 Å². The van der Waals surface area contributed by atoms with E-state index in [-0.39, 0.29) is 6.42 Å². The molecule has 0 amide bonds. The largest absolute Gasteiger partial charge is 0.497 e. The van der Waals surface area contributed by atoms with Gasteiger partial charge in [-0.15, -0.1) is 0 Å². The Morgan fingerprint density at radius 1 is 1.59 bits per heavy atom. The summed E-state index contributed by atoms with van der Waals surface area (Å²) in [7, 11) is 3.29. The highest BCUT2D eigenvalue weighted by molar-refractivity contribution is 5.68. The van der Waals surface area contributed by atoms with Gasteiger partial charge in [0, 0.05) is 19.7 Å². The zero-order chi connectivity index (χ0) is 12.8. The first-order valence-electron chi connectivity index (χ1n) is 5.09. The van der Waals surface area contributed by atoms with E-state index < -0.39 is 5.97 Å². The van der Waals surface area contributed by atoms with Crippen molar-refractivity contribution >= 4 is 11.7 Å². The second-order valence-electron chi connectivity index (χ2n) is 3.56. The molecule has 0 radical (unpaired) electrons. The molecule has 0 bridgehead atoms. The first-order valence-corrected chi connectivity index (χ1v) is 5.09. The second kappa shape index (κ2) is 5.75. The molecule has 90 valence electrons. The highest BCUT2D eigenvalue weighted by Crippen LogP contribution is 2.24. The number of aliphatic carboxylic acids is 1. The zero-order valence-corrected chi connectivity index (χ0v) is 9.80. The number of carboxylic acids is 1. The maximum atomic E-state index is 10.5. The van der Waals surface area contributed by atoms with E-state index in [2.05, 4.69) is 6.07 Å². The topological polar surface area (TPSA) is 73.6 Å². The van der Waals surface area contributed by atoms with Gasteiger partial charge in [-0.25, -0.2) is 0 Å². The quantitative estimate of drug-likeness (QED) is 0.835. The Morgan fingerprint density at radius 2 is 2.29 bits per heavy atom. The van der Waals surface area contributed by atoms with E-state index in [1.165, 1.54) is 0 Å². The fourth-order valence-electron chi connectivity index (χ4n) is 1.43. The summed E-state index contributed by atoms with van der Waals surface area (Å²) in [6.45, 7) is 0.344. The SMILES string of the molecule is COc1ccc(C#N)c(N(C)CCC(=O)O)c1. The van der Waals surface area contributed by atoms with Crippen molar-refractivity contribution in [3.8, 4) is 11.8 Å². The van der Waals surface area contributed by atoms with Gasteiger partial charge in [-0.05, 0) is 12.1 Å². The lowest BCUT2D eigenvalue weighted by Gasteiger charge is -2.20. The maximum Gasteiger partial charge on any atom is 0.305 e. The third-order valence-electron chi connectivity index (χ3n) is 2.40. The van der Waals surface area contributed by atoms with E-state index in [4.69, 9.17) is 15.1 Å². The van der Waals surface area contributed by atoms with Gasteiger partial charge in [0.15, 0.2) is 0 Å². The molecule has 1 N–H and O–H groups in total. The van der Waals surface area contributed by atoms with Crippen molar-refractivity contribution in [3.05, 3.63) is 23.8 Å². The maximum absolute atomic E-state index is 10.5. The van der Waals surface area contributed by atoms with Crippen molar-refractivity contribution in [2.45, 2.75) is 6.42 Å². The number of benzene rings is 1. The lowest BCUT2D eigenvalue weighted by atomic mass is 10.1. The molecule has 0 unspecified atom stereocenters. The van der Waals surface area contributed by atoms with E-state index >= 15 is 0 Å². The number of ether oxygens (including phenoxy) is 1. The smallest absolute Gasteiger partial charge is 0.305 e. The third kappa shape index (κ3) is 3.38. The molecular weight excluding hydrogens is 220 g/mol.